The van der Waals surface area contributed by atoms with E-state index < -0.39 is 0 Å². The van der Waals surface area contributed by atoms with Crippen LogP contribution in [0.4, 0.5) is 0 Å². The molecule has 0 bridgehead atoms. The zero-order valence-corrected chi connectivity index (χ0v) is 19.7. The van der Waals surface area contributed by atoms with E-state index in [4.69, 9.17) is 0 Å². The average molecular weight is 392 g/mol. The van der Waals surface area contributed by atoms with Crippen LogP contribution in [0.3, 0.4) is 0 Å². The summed E-state index contributed by atoms with van der Waals surface area (Å²) in [6.07, 6.45) is 29.6. The van der Waals surface area contributed by atoms with Gasteiger partial charge in [-0.25, -0.2) is 9.13 Å². The van der Waals surface area contributed by atoms with Crippen molar-refractivity contribution in [3.05, 3.63) is 18.2 Å². The van der Waals surface area contributed by atoms with Crippen LogP contribution >= 0.6 is 0 Å². The van der Waals surface area contributed by atoms with E-state index in [0.717, 1.165) is 0 Å². The smallest absolute Gasteiger partial charge is 0.234 e. The fourth-order valence-electron chi connectivity index (χ4n) is 4.18. The van der Waals surface area contributed by atoms with Gasteiger partial charge in [0.2, 0.25) is 0 Å². The topological polar surface area (TPSA) is 8.81 Å². The summed E-state index contributed by atoms with van der Waals surface area (Å²) in [5.41, 5.74) is 0. The number of unbranched alkanes of at least 4 members (excludes halogenated alkanes) is 14. The maximum atomic E-state index is 2.57. The molecule has 1 aromatic heterocycles. The van der Waals surface area contributed by atoms with Crippen LogP contribution in [0.2, 0.25) is 0 Å². The molecule has 1 heterocycles. The van der Waals surface area contributed by atoms with Crippen molar-refractivity contribution in [2.75, 3.05) is 0 Å². The van der Waals surface area contributed by atoms with Gasteiger partial charge in [0.25, 0.3) is 5.82 Å². The fraction of sp³-hybridized carbons (Fsp3) is 0.885. The quantitative estimate of drug-likeness (QED) is 0.157. The van der Waals surface area contributed by atoms with Gasteiger partial charge in [-0.1, -0.05) is 104 Å². The van der Waals surface area contributed by atoms with Crippen LogP contribution in [0.5, 0.6) is 0 Å². The van der Waals surface area contributed by atoms with Crippen molar-refractivity contribution in [1.82, 2.24) is 4.57 Å². The summed E-state index contributed by atoms with van der Waals surface area (Å²) in [6, 6.07) is 0. The number of aryl methyl sites for hydroxylation is 2. The molecule has 0 aliphatic carbocycles. The Kier molecular flexibility index (Phi) is 16.5. The summed E-state index contributed by atoms with van der Waals surface area (Å²) >= 11 is 0. The van der Waals surface area contributed by atoms with Gasteiger partial charge in [-0.15, -0.1) is 0 Å². The van der Waals surface area contributed by atoms with Crippen molar-refractivity contribution in [2.24, 2.45) is 0 Å². The normalized spacial score (nSPS) is 11.4. The molecule has 0 aliphatic rings. The summed E-state index contributed by atoms with van der Waals surface area (Å²) in [7, 11) is 0. The van der Waals surface area contributed by atoms with Crippen molar-refractivity contribution in [2.45, 2.75) is 149 Å². The molecule has 0 aliphatic heterocycles. The molecular weight excluding hydrogens is 340 g/mol. The predicted molar refractivity (Wildman–Crippen MR) is 124 cm³/mol. The van der Waals surface area contributed by atoms with E-state index in [1.54, 1.807) is 5.82 Å². The number of aromatic nitrogens is 2. The van der Waals surface area contributed by atoms with Crippen LogP contribution in [0.1, 0.15) is 136 Å². The summed E-state index contributed by atoms with van der Waals surface area (Å²) < 4.78 is 5.12. The number of nitrogens with zero attached hydrogens (tertiary/aromatic N) is 2. The highest BCUT2D eigenvalue weighted by Crippen LogP contribution is 2.12. The largest absolute Gasteiger partial charge is 0.256 e. The van der Waals surface area contributed by atoms with Crippen molar-refractivity contribution in [3.63, 3.8) is 0 Å². The molecule has 0 spiro atoms. The van der Waals surface area contributed by atoms with Crippen LogP contribution in [-0.4, -0.2) is 4.57 Å². The summed E-state index contributed by atoms with van der Waals surface area (Å²) in [5, 5.41) is 0. The first-order valence-corrected chi connectivity index (χ1v) is 12.9. The maximum Gasteiger partial charge on any atom is 0.256 e. The van der Waals surface area contributed by atoms with E-state index in [0.29, 0.717) is 0 Å². The maximum absolute atomic E-state index is 2.57. The van der Waals surface area contributed by atoms with Crippen LogP contribution in [-0.2, 0) is 19.5 Å². The number of hydrogen-bond donors (Lipinski definition) is 0. The number of hydrogen-bond acceptors (Lipinski definition) is 0. The second kappa shape index (κ2) is 18.3. The Hall–Kier alpha value is -0.790. The Labute approximate surface area is 177 Å². The van der Waals surface area contributed by atoms with Crippen LogP contribution < -0.4 is 4.57 Å². The first-order valence-electron chi connectivity index (χ1n) is 12.9. The second-order valence-electron chi connectivity index (χ2n) is 8.80. The van der Waals surface area contributed by atoms with Gasteiger partial charge in [0.1, 0.15) is 12.4 Å². The molecule has 1 aromatic rings. The predicted octanol–water partition coefficient (Wildman–Crippen LogP) is 8.01. The summed E-state index contributed by atoms with van der Waals surface area (Å²) in [6.45, 7) is 9.32. The van der Waals surface area contributed by atoms with E-state index in [9.17, 15) is 0 Å². The van der Waals surface area contributed by atoms with Crippen molar-refractivity contribution in [3.8, 4) is 0 Å². The monoisotopic (exact) mass is 391 g/mol. The molecule has 1 rings (SSSR count). The average Bonchev–Trinajstić information content (AvgIpc) is 3.09. The lowest BCUT2D eigenvalue weighted by molar-refractivity contribution is -0.704. The minimum atomic E-state index is 1.20. The molecule has 0 amide bonds. The summed E-state index contributed by atoms with van der Waals surface area (Å²) in [5.74, 6) is 1.59. The van der Waals surface area contributed by atoms with E-state index in [1.165, 1.54) is 129 Å². The Morgan fingerprint density at radius 3 is 1.68 bits per heavy atom. The highest BCUT2D eigenvalue weighted by atomic mass is 15.1. The highest BCUT2D eigenvalue weighted by molar-refractivity contribution is 4.84. The van der Waals surface area contributed by atoms with Gasteiger partial charge in [-0.05, 0) is 25.7 Å². The first-order chi connectivity index (χ1) is 13.8. The van der Waals surface area contributed by atoms with Gasteiger partial charge in [0.05, 0.1) is 13.1 Å². The third kappa shape index (κ3) is 11.9. The lowest BCUT2D eigenvalue weighted by Gasteiger charge is -2.06. The SMILES string of the molecule is CCCCCCCCCCCc1n(CCCC)cc[n+]1CCCCCCCC. The first kappa shape index (κ1) is 25.2. The number of imidazole rings is 1. The molecule has 2 nitrogen and oxygen atoms in total. The molecule has 0 atom stereocenters. The highest BCUT2D eigenvalue weighted by Gasteiger charge is 2.16. The molecule has 0 aromatic carbocycles. The van der Waals surface area contributed by atoms with E-state index in [-0.39, 0.29) is 0 Å². The molecule has 0 radical (unpaired) electrons. The lowest BCUT2D eigenvalue weighted by atomic mass is 10.1. The molecular formula is C26H51N2+. The molecule has 2 heteroatoms. The molecule has 164 valence electrons. The lowest BCUT2D eigenvalue weighted by Crippen LogP contribution is -2.37. The van der Waals surface area contributed by atoms with Crippen LogP contribution in [0.15, 0.2) is 12.4 Å². The van der Waals surface area contributed by atoms with E-state index >= 15 is 0 Å². The standard InChI is InChI=1S/C26H51N2/c1-4-7-10-12-14-15-16-17-19-21-26-27(22-9-6-3)24-25-28(26)23-20-18-13-11-8-5-2/h24-25H,4-23H2,1-3H3/q+1. The Morgan fingerprint density at radius 2 is 1.11 bits per heavy atom. The third-order valence-electron chi connectivity index (χ3n) is 6.10. The molecule has 0 saturated heterocycles. The Morgan fingerprint density at radius 1 is 0.607 bits per heavy atom. The minimum absolute atomic E-state index is 1.20. The van der Waals surface area contributed by atoms with Gasteiger partial charge in [0.15, 0.2) is 0 Å². The van der Waals surface area contributed by atoms with Crippen molar-refractivity contribution >= 4 is 0 Å². The third-order valence-corrected chi connectivity index (χ3v) is 6.10. The van der Waals surface area contributed by atoms with Crippen molar-refractivity contribution < 1.29 is 4.57 Å². The van der Waals surface area contributed by atoms with Gasteiger partial charge >= 0.3 is 0 Å². The van der Waals surface area contributed by atoms with Gasteiger partial charge < -0.3 is 0 Å². The van der Waals surface area contributed by atoms with Gasteiger partial charge in [0, 0.05) is 6.42 Å². The summed E-state index contributed by atoms with van der Waals surface area (Å²) in [4.78, 5) is 0. The zero-order chi connectivity index (χ0) is 20.3. The van der Waals surface area contributed by atoms with E-state index in [2.05, 4.69) is 42.3 Å². The van der Waals surface area contributed by atoms with Gasteiger partial charge in [-0.3, -0.25) is 0 Å². The molecule has 28 heavy (non-hydrogen) atoms. The zero-order valence-electron chi connectivity index (χ0n) is 19.7. The van der Waals surface area contributed by atoms with Crippen LogP contribution in [0, 0.1) is 0 Å². The Bertz CT molecular complexity index is 449. The molecule has 0 saturated carbocycles. The molecule has 0 unspecified atom stereocenters. The van der Waals surface area contributed by atoms with Gasteiger partial charge in [-0.2, -0.15) is 0 Å². The fourth-order valence-corrected chi connectivity index (χ4v) is 4.18. The molecule has 0 N–H and O–H groups in total. The van der Waals surface area contributed by atoms with Crippen LogP contribution in [0.25, 0.3) is 0 Å². The minimum Gasteiger partial charge on any atom is -0.234 e. The van der Waals surface area contributed by atoms with E-state index in [1.807, 2.05) is 0 Å². The molecule has 0 fully saturated rings. The Balaban J connectivity index is 2.31. The second-order valence-corrected chi connectivity index (χ2v) is 8.80. The number of rotatable bonds is 20. The van der Waals surface area contributed by atoms with Crippen molar-refractivity contribution in [1.29, 1.82) is 0 Å².